The van der Waals surface area contributed by atoms with Gasteiger partial charge in [0.15, 0.2) is 0 Å². The van der Waals surface area contributed by atoms with Crippen molar-refractivity contribution in [2.24, 2.45) is 5.73 Å². The molecule has 2 N–H and O–H groups in total. The molecule has 0 bridgehead atoms. The molecule has 0 fully saturated rings. The number of nitrogens with two attached hydrogens (primary N) is 1. The van der Waals surface area contributed by atoms with Gasteiger partial charge in [-0.1, -0.05) is 18.2 Å². The van der Waals surface area contributed by atoms with Crippen LogP contribution in [0.4, 0.5) is 4.79 Å². The molecule has 0 aliphatic carbocycles. The normalized spacial score (nSPS) is 11.4. The third-order valence-corrected chi connectivity index (χ3v) is 3.23. The van der Waals surface area contributed by atoms with E-state index in [4.69, 9.17) is 19.9 Å². The maximum absolute atomic E-state index is 11.6. The quantitative estimate of drug-likeness (QED) is 0.594. The Labute approximate surface area is 132 Å². The van der Waals surface area contributed by atoms with Gasteiger partial charge in [0, 0.05) is 5.75 Å². The number of rotatable bonds is 7. The zero-order valence-electron chi connectivity index (χ0n) is 12.0. The minimum absolute atomic E-state index is 0.0182. The minimum Gasteiger partial charge on any atom is -0.465 e. The Balaban J connectivity index is 2.21. The van der Waals surface area contributed by atoms with E-state index >= 15 is 0 Å². The molecule has 8 heteroatoms. The molecular weight excluding hydrogens is 310 g/mol. The lowest BCUT2D eigenvalue weighted by Gasteiger charge is -2.09. The molecular formula is C14H17NO6S. The lowest BCUT2D eigenvalue weighted by atomic mass is 10.2. The van der Waals surface area contributed by atoms with Gasteiger partial charge in [-0.3, -0.25) is 4.79 Å². The summed E-state index contributed by atoms with van der Waals surface area (Å²) < 4.78 is 14.2. The van der Waals surface area contributed by atoms with Gasteiger partial charge in [0.05, 0.1) is 12.2 Å². The number of carbonyl (C=O) groups is 3. The second kappa shape index (κ2) is 9.80. The van der Waals surface area contributed by atoms with Crippen molar-refractivity contribution in [3.05, 3.63) is 35.9 Å². The summed E-state index contributed by atoms with van der Waals surface area (Å²) in [6.07, 6.45) is 0. The largest absolute Gasteiger partial charge is 0.465 e. The molecule has 120 valence electrons. The highest BCUT2D eigenvalue weighted by atomic mass is 32.2. The number of hydrogen-bond donors (Lipinski definition) is 1. The second-order valence-corrected chi connectivity index (χ2v) is 4.93. The Bertz CT molecular complexity index is 507. The van der Waals surface area contributed by atoms with Crippen molar-refractivity contribution in [2.75, 3.05) is 19.2 Å². The average molecular weight is 327 g/mol. The average Bonchev–Trinajstić information content (AvgIpc) is 2.53. The molecule has 0 aromatic heterocycles. The van der Waals surface area contributed by atoms with Crippen molar-refractivity contribution in [3.8, 4) is 0 Å². The maximum atomic E-state index is 11.6. The first-order chi connectivity index (χ1) is 10.5. The van der Waals surface area contributed by atoms with E-state index < -0.39 is 30.1 Å². The lowest BCUT2D eigenvalue weighted by Crippen LogP contribution is -2.35. The van der Waals surface area contributed by atoms with Gasteiger partial charge in [-0.25, -0.2) is 9.59 Å². The molecule has 0 amide bonds. The fraction of sp³-hybridized carbons (Fsp3) is 0.357. The summed E-state index contributed by atoms with van der Waals surface area (Å²) in [6, 6.07) is 7.39. The van der Waals surface area contributed by atoms with Crippen LogP contribution in [0.1, 0.15) is 17.3 Å². The fourth-order valence-corrected chi connectivity index (χ4v) is 1.89. The highest BCUT2D eigenvalue weighted by Gasteiger charge is 2.17. The van der Waals surface area contributed by atoms with Crippen LogP contribution in [0.2, 0.25) is 0 Å². The summed E-state index contributed by atoms with van der Waals surface area (Å²) in [4.78, 5) is 34.2. The van der Waals surface area contributed by atoms with E-state index in [9.17, 15) is 14.4 Å². The number of esters is 2. The van der Waals surface area contributed by atoms with Crippen LogP contribution >= 0.6 is 11.8 Å². The fourth-order valence-electron chi connectivity index (χ4n) is 1.31. The molecule has 7 nitrogen and oxygen atoms in total. The van der Waals surface area contributed by atoms with E-state index in [1.807, 2.05) is 0 Å². The zero-order chi connectivity index (χ0) is 16.4. The van der Waals surface area contributed by atoms with Crippen LogP contribution in [0.3, 0.4) is 0 Å². The highest BCUT2D eigenvalue weighted by Crippen LogP contribution is 2.08. The third kappa shape index (κ3) is 6.59. The van der Waals surface area contributed by atoms with Crippen LogP contribution in [-0.2, 0) is 19.0 Å². The predicted molar refractivity (Wildman–Crippen MR) is 80.3 cm³/mol. The first-order valence-corrected chi connectivity index (χ1v) is 7.47. The number of ether oxygens (including phenoxy) is 3. The molecule has 0 heterocycles. The lowest BCUT2D eigenvalue weighted by molar-refractivity contribution is -0.144. The summed E-state index contributed by atoms with van der Waals surface area (Å²) >= 11 is 0.708. The topological polar surface area (TPSA) is 105 Å². The summed E-state index contributed by atoms with van der Waals surface area (Å²) in [5.41, 5.74) is 5.87. The van der Waals surface area contributed by atoms with Crippen molar-refractivity contribution in [1.29, 1.82) is 0 Å². The Kier molecular flexibility index (Phi) is 8.01. The molecule has 1 atom stereocenters. The molecule has 0 spiro atoms. The van der Waals surface area contributed by atoms with Crippen LogP contribution in [0, 0.1) is 0 Å². The summed E-state index contributed by atoms with van der Waals surface area (Å²) in [7, 11) is 0. The maximum Gasteiger partial charge on any atom is 0.370 e. The monoisotopic (exact) mass is 327 g/mol. The van der Waals surface area contributed by atoms with Crippen molar-refractivity contribution < 1.29 is 28.6 Å². The molecule has 0 radical (unpaired) electrons. The summed E-state index contributed by atoms with van der Waals surface area (Å²) in [5, 5.41) is -0.694. The minimum atomic E-state index is -0.913. The Hall–Kier alpha value is -2.06. The van der Waals surface area contributed by atoms with Crippen LogP contribution in [0.5, 0.6) is 0 Å². The van der Waals surface area contributed by atoms with E-state index in [1.165, 1.54) is 0 Å². The van der Waals surface area contributed by atoms with Crippen LogP contribution < -0.4 is 5.73 Å². The van der Waals surface area contributed by atoms with Gasteiger partial charge in [0.25, 0.3) is 0 Å². The molecule has 0 unspecified atom stereocenters. The van der Waals surface area contributed by atoms with E-state index in [2.05, 4.69) is 0 Å². The van der Waals surface area contributed by atoms with Crippen molar-refractivity contribution in [1.82, 2.24) is 0 Å². The number of thioether (sulfide) groups is 1. The first kappa shape index (κ1) is 18.0. The molecule has 0 saturated heterocycles. The molecule has 22 heavy (non-hydrogen) atoms. The smallest absolute Gasteiger partial charge is 0.370 e. The number of carbonyl (C=O) groups excluding carboxylic acids is 3. The SMILES string of the molecule is CCOC(=O)[C@@H](N)CSC(=O)OCOC(=O)c1ccccc1. The van der Waals surface area contributed by atoms with E-state index in [0.717, 1.165) is 0 Å². The van der Waals surface area contributed by atoms with E-state index in [0.29, 0.717) is 17.3 Å². The molecule has 1 aromatic rings. The first-order valence-electron chi connectivity index (χ1n) is 6.48. The predicted octanol–water partition coefficient (Wildman–Crippen LogP) is 1.56. The van der Waals surface area contributed by atoms with Gasteiger partial charge >= 0.3 is 17.2 Å². The van der Waals surface area contributed by atoms with Crippen molar-refractivity contribution in [3.63, 3.8) is 0 Å². The third-order valence-electron chi connectivity index (χ3n) is 2.35. The van der Waals surface area contributed by atoms with Gasteiger partial charge in [0.1, 0.15) is 6.04 Å². The van der Waals surface area contributed by atoms with Crippen LogP contribution in [0.25, 0.3) is 0 Å². The second-order valence-electron chi connectivity index (χ2n) is 3.98. The van der Waals surface area contributed by atoms with Gasteiger partial charge in [-0.05, 0) is 30.8 Å². The summed E-state index contributed by atoms with van der Waals surface area (Å²) in [5.74, 6) is -1.16. The Morgan fingerprint density at radius 1 is 1.14 bits per heavy atom. The van der Waals surface area contributed by atoms with Crippen molar-refractivity contribution >= 4 is 29.0 Å². The van der Waals surface area contributed by atoms with Gasteiger partial charge in [-0.15, -0.1) is 0 Å². The van der Waals surface area contributed by atoms with E-state index in [1.54, 1.807) is 37.3 Å². The molecule has 0 aliphatic rings. The van der Waals surface area contributed by atoms with Gasteiger partial charge in [-0.2, -0.15) is 0 Å². The molecule has 0 saturated carbocycles. The van der Waals surface area contributed by atoms with E-state index in [-0.39, 0.29) is 12.4 Å². The van der Waals surface area contributed by atoms with Gasteiger partial charge < -0.3 is 19.9 Å². The Morgan fingerprint density at radius 2 is 1.82 bits per heavy atom. The van der Waals surface area contributed by atoms with Crippen LogP contribution in [-0.4, -0.2) is 42.4 Å². The van der Waals surface area contributed by atoms with Gasteiger partial charge in [0.2, 0.25) is 6.79 Å². The number of hydrogen-bond acceptors (Lipinski definition) is 8. The molecule has 1 aromatic carbocycles. The highest BCUT2D eigenvalue weighted by molar-refractivity contribution is 8.13. The Morgan fingerprint density at radius 3 is 2.45 bits per heavy atom. The van der Waals surface area contributed by atoms with Crippen molar-refractivity contribution in [2.45, 2.75) is 13.0 Å². The molecule has 1 rings (SSSR count). The van der Waals surface area contributed by atoms with Crippen LogP contribution in [0.15, 0.2) is 30.3 Å². The zero-order valence-corrected chi connectivity index (χ0v) is 12.8. The summed E-state index contributed by atoms with van der Waals surface area (Å²) in [6.45, 7) is 1.37. The standard InChI is InChI=1S/C14H17NO6S/c1-2-19-13(17)11(15)8-22-14(18)21-9-20-12(16)10-6-4-3-5-7-10/h3-7,11H,2,8-9,15H2,1H3/t11-/m0/s1. The molecule has 0 aliphatic heterocycles. The number of benzene rings is 1.